The first kappa shape index (κ1) is 14.5. The van der Waals surface area contributed by atoms with Crippen molar-refractivity contribution < 1.29 is 5.11 Å². The summed E-state index contributed by atoms with van der Waals surface area (Å²) in [6.07, 6.45) is 6.66. The standard InChI is InChI=1S/C16H28O/c1-12(10-11-17)6-9-15-13(2)7-8-14(3)16(15,4)5/h10,14-15,17H,2,6-9,11H2,1,3-5H3/b12-10+/t14-,15+/m0/s1. The lowest BCUT2D eigenvalue weighted by molar-refractivity contribution is 0.106. The Kier molecular flexibility index (Phi) is 5.00. The van der Waals surface area contributed by atoms with Crippen LogP contribution in [0.25, 0.3) is 0 Å². The summed E-state index contributed by atoms with van der Waals surface area (Å²) in [6.45, 7) is 13.7. The van der Waals surface area contributed by atoms with Crippen molar-refractivity contribution >= 4 is 0 Å². The summed E-state index contributed by atoms with van der Waals surface area (Å²) >= 11 is 0. The van der Waals surface area contributed by atoms with E-state index < -0.39 is 0 Å². The monoisotopic (exact) mass is 236 g/mol. The second kappa shape index (κ2) is 5.86. The summed E-state index contributed by atoms with van der Waals surface area (Å²) in [6, 6.07) is 0. The maximum atomic E-state index is 8.88. The van der Waals surface area contributed by atoms with Gasteiger partial charge in [0.05, 0.1) is 6.61 Å². The largest absolute Gasteiger partial charge is 0.392 e. The molecule has 1 heteroatoms. The van der Waals surface area contributed by atoms with Crippen LogP contribution in [0.1, 0.15) is 53.4 Å². The van der Waals surface area contributed by atoms with Gasteiger partial charge in [0.1, 0.15) is 0 Å². The molecule has 1 rings (SSSR count). The third-order valence-electron chi connectivity index (χ3n) is 4.83. The molecule has 0 bridgehead atoms. The molecule has 98 valence electrons. The molecule has 1 fully saturated rings. The number of hydrogen-bond acceptors (Lipinski definition) is 1. The molecule has 1 aliphatic carbocycles. The Labute approximate surface area is 107 Å². The van der Waals surface area contributed by atoms with Crippen LogP contribution in [0.2, 0.25) is 0 Å². The van der Waals surface area contributed by atoms with Crippen LogP contribution in [-0.4, -0.2) is 11.7 Å². The van der Waals surface area contributed by atoms with Gasteiger partial charge in [-0.05, 0) is 49.9 Å². The van der Waals surface area contributed by atoms with Gasteiger partial charge in [-0.25, -0.2) is 0 Å². The van der Waals surface area contributed by atoms with Gasteiger partial charge in [-0.1, -0.05) is 44.6 Å². The van der Waals surface area contributed by atoms with Crippen LogP contribution in [0.15, 0.2) is 23.8 Å². The molecular formula is C16H28O. The van der Waals surface area contributed by atoms with E-state index in [1.807, 2.05) is 6.08 Å². The molecule has 0 amide bonds. The fourth-order valence-electron chi connectivity index (χ4n) is 3.02. The molecule has 0 aromatic heterocycles. The van der Waals surface area contributed by atoms with E-state index >= 15 is 0 Å². The molecule has 1 nitrogen and oxygen atoms in total. The number of allylic oxidation sites excluding steroid dienone is 2. The molecule has 0 aromatic rings. The van der Waals surface area contributed by atoms with Crippen LogP contribution >= 0.6 is 0 Å². The summed E-state index contributed by atoms with van der Waals surface area (Å²) in [5.41, 5.74) is 3.11. The number of aliphatic hydroxyl groups is 1. The zero-order valence-corrected chi connectivity index (χ0v) is 11.9. The molecule has 0 aliphatic heterocycles. The summed E-state index contributed by atoms with van der Waals surface area (Å²) in [4.78, 5) is 0. The van der Waals surface area contributed by atoms with Gasteiger partial charge >= 0.3 is 0 Å². The van der Waals surface area contributed by atoms with E-state index in [1.165, 1.54) is 30.4 Å². The minimum Gasteiger partial charge on any atom is -0.392 e. The van der Waals surface area contributed by atoms with Crippen molar-refractivity contribution in [2.75, 3.05) is 6.61 Å². The molecule has 0 spiro atoms. The van der Waals surface area contributed by atoms with Crippen LogP contribution in [0.5, 0.6) is 0 Å². The maximum absolute atomic E-state index is 8.88. The molecule has 0 unspecified atom stereocenters. The normalized spacial score (nSPS) is 29.5. The Hall–Kier alpha value is -0.560. The van der Waals surface area contributed by atoms with Crippen molar-refractivity contribution in [3.8, 4) is 0 Å². The Bertz CT molecular complexity index is 299. The van der Waals surface area contributed by atoms with E-state index in [9.17, 15) is 0 Å². The molecule has 0 heterocycles. The first-order chi connectivity index (χ1) is 7.89. The van der Waals surface area contributed by atoms with Gasteiger partial charge < -0.3 is 5.11 Å². The number of rotatable bonds is 4. The molecule has 2 atom stereocenters. The van der Waals surface area contributed by atoms with Gasteiger partial charge in [-0.2, -0.15) is 0 Å². The Morgan fingerprint density at radius 3 is 2.76 bits per heavy atom. The van der Waals surface area contributed by atoms with Crippen molar-refractivity contribution in [2.45, 2.75) is 53.4 Å². The summed E-state index contributed by atoms with van der Waals surface area (Å²) in [5.74, 6) is 1.41. The van der Waals surface area contributed by atoms with Crippen LogP contribution in [0.4, 0.5) is 0 Å². The van der Waals surface area contributed by atoms with Crippen LogP contribution < -0.4 is 0 Å². The van der Waals surface area contributed by atoms with Crippen molar-refractivity contribution in [2.24, 2.45) is 17.3 Å². The second-order valence-electron chi connectivity index (χ2n) is 6.24. The van der Waals surface area contributed by atoms with E-state index in [0.29, 0.717) is 11.3 Å². The third-order valence-corrected chi connectivity index (χ3v) is 4.83. The fourth-order valence-corrected chi connectivity index (χ4v) is 3.02. The average molecular weight is 236 g/mol. The fraction of sp³-hybridized carbons (Fsp3) is 0.750. The van der Waals surface area contributed by atoms with E-state index in [-0.39, 0.29) is 6.61 Å². The predicted molar refractivity (Wildman–Crippen MR) is 74.9 cm³/mol. The Balaban J connectivity index is 2.66. The quantitative estimate of drug-likeness (QED) is 0.720. The van der Waals surface area contributed by atoms with Crippen LogP contribution in [-0.2, 0) is 0 Å². The minimum atomic E-state index is 0.164. The minimum absolute atomic E-state index is 0.164. The lowest BCUT2D eigenvalue weighted by Gasteiger charge is -2.45. The maximum Gasteiger partial charge on any atom is 0.0614 e. The molecule has 1 aliphatic rings. The average Bonchev–Trinajstić information content (AvgIpc) is 2.24. The third kappa shape index (κ3) is 3.45. The molecular weight excluding hydrogens is 208 g/mol. The van der Waals surface area contributed by atoms with Crippen LogP contribution in [0.3, 0.4) is 0 Å². The SMILES string of the molecule is C=C1CC[C@H](C)C(C)(C)[C@@H]1CC/C(C)=C/CO. The summed E-state index contributed by atoms with van der Waals surface area (Å²) in [7, 11) is 0. The Morgan fingerprint density at radius 1 is 1.53 bits per heavy atom. The topological polar surface area (TPSA) is 20.2 Å². The Morgan fingerprint density at radius 2 is 2.18 bits per heavy atom. The lowest BCUT2D eigenvalue weighted by Crippen LogP contribution is -2.36. The highest BCUT2D eigenvalue weighted by Gasteiger charge is 2.39. The zero-order valence-electron chi connectivity index (χ0n) is 11.9. The molecule has 0 radical (unpaired) electrons. The highest BCUT2D eigenvalue weighted by Crippen LogP contribution is 2.49. The molecule has 0 aromatic carbocycles. The smallest absolute Gasteiger partial charge is 0.0614 e. The second-order valence-corrected chi connectivity index (χ2v) is 6.24. The predicted octanol–water partition coefficient (Wildman–Crippen LogP) is 4.33. The van der Waals surface area contributed by atoms with E-state index in [0.717, 1.165) is 12.3 Å². The van der Waals surface area contributed by atoms with Crippen LogP contribution in [0, 0.1) is 17.3 Å². The first-order valence-corrected chi connectivity index (χ1v) is 6.83. The van der Waals surface area contributed by atoms with Gasteiger partial charge in [0.15, 0.2) is 0 Å². The molecule has 17 heavy (non-hydrogen) atoms. The van der Waals surface area contributed by atoms with Crippen molar-refractivity contribution in [1.29, 1.82) is 0 Å². The van der Waals surface area contributed by atoms with Crippen molar-refractivity contribution in [3.63, 3.8) is 0 Å². The van der Waals surface area contributed by atoms with Gasteiger partial charge in [0.25, 0.3) is 0 Å². The lowest BCUT2D eigenvalue weighted by atomic mass is 9.60. The summed E-state index contributed by atoms with van der Waals surface area (Å²) < 4.78 is 0. The van der Waals surface area contributed by atoms with Gasteiger partial charge in [0.2, 0.25) is 0 Å². The molecule has 1 saturated carbocycles. The van der Waals surface area contributed by atoms with Gasteiger partial charge in [-0.15, -0.1) is 0 Å². The van der Waals surface area contributed by atoms with Gasteiger partial charge in [0, 0.05) is 0 Å². The van der Waals surface area contributed by atoms with E-state index in [1.54, 1.807) is 0 Å². The highest BCUT2D eigenvalue weighted by atomic mass is 16.2. The number of aliphatic hydroxyl groups excluding tert-OH is 1. The zero-order chi connectivity index (χ0) is 13.1. The molecule has 0 saturated heterocycles. The number of hydrogen-bond donors (Lipinski definition) is 1. The van der Waals surface area contributed by atoms with E-state index in [4.69, 9.17) is 5.11 Å². The van der Waals surface area contributed by atoms with Crippen molar-refractivity contribution in [3.05, 3.63) is 23.8 Å². The first-order valence-electron chi connectivity index (χ1n) is 6.83. The van der Waals surface area contributed by atoms with E-state index in [2.05, 4.69) is 34.3 Å². The summed E-state index contributed by atoms with van der Waals surface area (Å²) in [5, 5.41) is 8.88. The highest BCUT2D eigenvalue weighted by molar-refractivity contribution is 5.12. The van der Waals surface area contributed by atoms with Crippen molar-refractivity contribution in [1.82, 2.24) is 0 Å². The molecule has 1 N–H and O–H groups in total. The van der Waals surface area contributed by atoms with Gasteiger partial charge in [-0.3, -0.25) is 0 Å².